The van der Waals surface area contributed by atoms with Crippen LogP contribution in [0.15, 0.2) is 152 Å². The van der Waals surface area contributed by atoms with Crippen molar-refractivity contribution >= 4 is 23.8 Å². The normalized spacial score (nSPS) is 21.7. The number of Topliss-reactive ketones (excluding diaryl/α,β-unsaturated/α-hetero) is 1. The molecule has 7 rings (SSSR count). The van der Waals surface area contributed by atoms with Crippen LogP contribution < -0.4 is 0 Å². The number of hydrogen-bond donors (Lipinski definition) is 0. The van der Waals surface area contributed by atoms with Crippen molar-refractivity contribution < 1.29 is 61.8 Å². The Morgan fingerprint density at radius 1 is 0.565 bits per heavy atom. The summed E-state index contributed by atoms with van der Waals surface area (Å²) in [6, 6.07) is 46.7. The zero-order chi connectivity index (χ0) is 48.6. The van der Waals surface area contributed by atoms with Gasteiger partial charge in [0.15, 0.2) is 18.0 Å². The minimum absolute atomic E-state index is 0.0354. The summed E-state index contributed by atoms with van der Waals surface area (Å²) in [4.78, 5) is 56.5. The van der Waals surface area contributed by atoms with Crippen LogP contribution in [0.2, 0.25) is 0 Å². The number of benzene rings is 5. The fraction of sp³-hybridized carbons (Fsp3) is 0.382. The van der Waals surface area contributed by atoms with E-state index >= 15 is 4.79 Å². The van der Waals surface area contributed by atoms with Gasteiger partial charge in [0, 0.05) is 20.3 Å². The summed E-state index contributed by atoms with van der Waals surface area (Å²) in [5.74, 6) is -2.28. The van der Waals surface area contributed by atoms with E-state index in [0.29, 0.717) is 0 Å². The molecular formula is C55H61NO13. The van der Waals surface area contributed by atoms with E-state index in [-0.39, 0.29) is 46.2 Å². The quantitative estimate of drug-likeness (QED) is 0.0483. The Hall–Kier alpha value is -6.26. The fourth-order valence-corrected chi connectivity index (χ4v) is 8.61. The van der Waals surface area contributed by atoms with E-state index in [1.165, 1.54) is 11.8 Å². The first-order chi connectivity index (χ1) is 33.4. The molecule has 0 unspecified atom stereocenters. The first kappa shape index (κ1) is 50.6. The molecule has 0 spiro atoms. The number of ether oxygens (including phenoxy) is 9. The molecule has 0 bridgehead atoms. The molecule has 2 fully saturated rings. The van der Waals surface area contributed by atoms with Gasteiger partial charge >= 0.3 is 18.0 Å². The highest BCUT2D eigenvalue weighted by molar-refractivity contribution is 5.87. The highest BCUT2D eigenvalue weighted by Gasteiger charge is 2.55. The van der Waals surface area contributed by atoms with Crippen molar-refractivity contribution in [2.75, 3.05) is 13.2 Å². The van der Waals surface area contributed by atoms with Crippen LogP contribution in [-0.2, 0) is 90.0 Å². The van der Waals surface area contributed by atoms with Gasteiger partial charge in [-0.2, -0.15) is 0 Å². The molecule has 2 aliphatic heterocycles. The number of esters is 2. The van der Waals surface area contributed by atoms with Crippen molar-refractivity contribution in [3.8, 4) is 0 Å². The molecule has 0 saturated carbocycles. The van der Waals surface area contributed by atoms with Gasteiger partial charge in [-0.25, -0.2) is 4.79 Å². The summed E-state index contributed by atoms with van der Waals surface area (Å²) in [6.07, 6.45) is -8.97. The molecule has 5 aromatic rings. The van der Waals surface area contributed by atoms with Gasteiger partial charge in [0.2, 0.25) is 0 Å². The van der Waals surface area contributed by atoms with Crippen molar-refractivity contribution in [1.82, 2.24) is 4.90 Å². The second-order valence-electron chi connectivity index (χ2n) is 17.5. The van der Waals surface area contributed by atoms with Crippen molar-refractivity contribution in [1.29, 1.82) is 0 Å². The lowest BCUT2D eigenvalue weighted by Gasteiger charge is -2.46. The number of amides is 1. The third kappa shape index (κ3) is 14.4. The molecular weight excluding hydrogens is 883 g/mol. The molecule has 69 heavy (non-hydrogen) atoms. The topological polar surface area (TPSA) is 155 Å². The van der Waals surface area contributed by atoms with Crippen LogP contribution in [0.3, 0.4) is 0 Å². The second-order valence-corrected chi connectivity index (χ2v) is 17.5. The van der Waals surface area contributed by atoms with Crippen LogP contribution in [0.1, 0.15) is 61.9 Å². The molecule has 0 aromatic heterocycles. The van der Waals surface area contributed by atoms with E-state index in [2.05, 4.69) is 0 Å². The van der Waals surface area contributed by atoms with Gasteiger partial charge in [0.05, 0.1) is 45.7 Å². The van der Waals surface area contributed by atoms with Crippen LogP contribution >= 0.6 is 0 Å². The Morgan fingerprint density at radius 2 is 0.986 bits per heavy atom. The molecule has 2 saturated heterocycles. The lowest BCUT2D eigenvalue weighted by molar-refractivity contribution is -0.273. The monoisotopic (exact) mass is 943 g/mol. The first-order valence-electron chi connectivity index (χ1n) is 23.2. The molecule has 14 nitrogen and oxygen atoms in total. The lowest BCUT2D eigenvalue weighted by atomic mass is 9.89. The highest BCUT2D eigenvalue weighted by atomic mass is 16.6. The maximum atomic E-state index is 15.2. The summed E-state index contributed by atoms with van der Waals surface area (Å²) >= 11 is 0. The molecule has 0 aliphatic carbocycles. The number of hydrogen-bond acceptors (Lipinski definition) is 13. The minimum atomic E-state index is -1.74. The Bertz CT molecular complexity index is 2370. The van der Waals surface area contributed by atoms with Gasteiger partial charge in [-0.05, 0) is 41.7 Å². The second kappa shape index (κ2) is 24.9. The molecule has 5 aromatic carbocycles. The van der Waals surface area contributed by atoms with E-state index in [9.17, 15) is 14.4 Å². The summed E-state index contributed by atoms with van der Waals surface area (Å²) in [6.45, 7) is 6.16. The van der Waals surface area contributed by atoms with Crippen molar-refractivity contribution in [2.24, 2.45) is 0 Å². The maximum absolute atomic E-state index is 15.2. The number of nitrogens with zero attached hydrogens (tertiary/aromatic N) is 1. The number of carbonyl (C=O) groups excluding carboxylic acids is 4. The zero-order valence-electron chi connectivity index (χ0n) is 39.5. The van der Waals surface area contributed by atoms with Gasteiger partial charge in [0.25, 0.3) is 0 Å². The summed E-state index contributed by atoms with van der Waals surface area (Å²) < 4.78 is 57.3. The van der Waals surface area contributed by atoms with Crippen molar-refractivity contribution in [3.05, 3.63) is 179 Å². The largest absolute Gasteiger partial charge is 0.456 e. The van der Waals surface area contributed by atoms with E-state index in [1.54, 1.807) is 13.8 Å². The third-order valence-corrected chi connectivity index (χ3v) is 11.9. The predicted molar refractivity (Wildman–Crippen MR) is 253 cm³/mol. The Labute approximate surface area is 403 Å². The summed E-state index contributed by atoms with van der Waals surface area (Å²) in [5.41, 5.74) is 3.07. The smallest absolute Gasteiger partial charge is 0.412 e. The van der Waals surface area contributed by atoms with Crippen LogP contribution in [-0.4, -0.2) is 96.4 Å². The zero-order valence-corrected chi connectivity index (χ0v) is 39.5. The molecule has 8 atom stereocenters. The Morgan fingerprint density at radius 3 is 1.45 bits per heavy atom. The lowest BCUT2D eigenvalue weighted by Crippen LogP contribution is -2.62. The van der Waals surface area contributed by atoms with Crippen LogP contribution in [0.5, 0.6) is 0 Å². The van der Waals surface area contributed by atoms with Crippen molar-refractivity contribution in [2.45, 2.75) is 122 Å². The molecule has 2 aliphatic rings. The van der Waals surface area contributed by atoms with Gasteiger partial charge in [0.1, 0.15) is 42.8 Å². The SMILES string of the molecule is CC(=O)O[C@@H]([C@H](OC(C)=O)C(=O)C[C@H]1O[C@H](COCc2ccccc2)[C@@H](OCc2ccccc2)[C@H](OCc2ccccc2)[C@H]1OCc1ccccc1)[C@H]1COC(C)(C)N1C(=O)OCc1ccccc1. The molecule has 2 heterocycles. The molecule has 364 valence electrons. The Balaban J connectivity index is 1.24. The Kier molecular flexibility index (Phi) is 18.2. The average Bonchev–Trinajstić information content (AvgIpc) is 3.68. The van der Waals surface area contributed by atoms with Crippen LogP contribution in [0.25, 0.3) is 0 Å². The van der Waals surface area contributed by atoms with Crippen LogP contribution in [0.4, 0.5) is 4.79 Å². The third-order valence-electron chi connectivity index (χ3n) is 11.9. The molecule has 0 radical (unpaired) electrons. The van der Waals surface area contributed by atoms with Gasteiger partial charge < -0.3 is 42.6 Å². The van der Waals surface area contributed by atoms with Gasteiger partial charge in [-0.15, -0.1) is 0 Å². The van der Waals surface area contributed by atoms with E-state index < -0.39 is 84.7 Å². The minimum Gasteiger partial charge on any atom is -0.456 e. The molecule has 1 amide bonds. The number of ketones is 1. The molecule has 0 N–H and O–H groups in total. The summed E-state index contributed by atoms with van der Waals surface area (Å²) in [7, 11) is 0. The van der Waals surface area contributed by atoms with E-state index in [4.69, 9.17) is 42.6 Å². The summed E-state index contributed by atoms with van der Waals surface area (Å²) in [5, 5.41) is 0. The number of rotatable bonds is 22. The van der Waals surface area contributed by atoms with Crippen LogP contribution in [0, 0.1) is 0 Å². The molecule has 14 heteroatoms. The standard InChI is InChI=1S/C55H61NO13/c1-38(57)67-49(45-36-66-55(3,4)56(45)54(60)65-35-44-28-18-9-19-29-44)50(68-39(2)58)46(59)30-47-51(62-32-41-22-12-6-13-23-41)53(64-34-43-26-16-8-17-27-43)52(63-33-42-24-14-7-15-25-42)48(69-47)37-61-31-40-20-10-5-11-21-40/h5-29,45,47-53H,30-37H2,1-4H3/t45-,47-,48-,49-,50-,51+,52-,53-/m1/s1. The van der Waals surface area contributed by atoms with E-state index in [0.717, 1.165) is 34.7 Å². The highest BCUT2D eigenvalue weighted by Crippen LogP contribution is 2.36. The average molecular weight is 944 g/mol. The fourth-order valence-electron chi connectivity index (χ4n) is 8.61. The van der Waals surface area contributed by atoms with Gasteiger partial charge in [-0.1, -0.05) is 152 Å². The first-order valence-corrected chi connectivity index (χ1v) is 23.2. The van der Waals surface area contributed by atoms with Gasteiger partial charge in [-0.3, -0.25) is 19.3 Å². The maximum Gasteiger partial charge on any atom is 0.412 e. The number of carbonyl (C=O) groups is 4. The van der Waals surface area contributed by atoms with Crippen molar-refractivity contribution in [3.63, 3.8) is 0 Å². The predicted octanol–water partition coefficient (Wildman–Crippen LogP) is 8.32. The van der Waals surface area contributed by atoms with E-state index in [1.807, 2.05) is 152 Å².